The molecule has 5 nitrogen and oxygen atoms in total. The number of phenols is 1. The molecule has 0 atom stereocenters. The lowest BCUT2D eigenvalue weighted by Crippen LogP contribution is -2.25. The summed E-state index contributed by atoms with van der Waals surface area (Å²) in [5.41, 5.74) is 4.31. The smallest absolute Gasteiger partial charge is 0.147 e. The summed E-state index contributed by atoms with van der Waals surface area (Å²) in [6.07, 6.45) is 2.21. The van der Waals surface area contributed by atoms with Crippen molar-refractivity contribution >= 4 is 11.0 Å². The lowest BCUT2D eigenvalue weighted by molar-refractivity contribution is 0.262. The van der Waals surface area contributed by atoms with Gasteiger partial charge in [-0.3, -0.25) is 4.90 Å². The predicted octanol–water partition coefficient (Wildman–Crippen LogP) is 4.06. The molecule has 3 aromatic rings. The summed E-state index contributed by atoms with van der Waals surface area (Å²) in [6, 6.07) is 11.7. The van der Waals surface area contributed by atoms with Gasteiger partial charge < -0.3 is 5.11 Å². The minimum Gasteiger partial charge on any atom is -0.505 e. The number of hydrogen-bond acceptors (Lipinski definition) is 4. The van der Waals surface area contributed by atoms with E-state index in [4.69, 9.17) is 0 Å². The lowest BCUT2D eigenvalue weighted by Gasteiger charge is -2.22. The monoisotopic (exact) mass is 338 g/mol. The van der Waals surface area contributed by atoms with E-state index in [1.54, 1.807) is 4.80 Å². The van der Waals surface area contributed by atoms with Crippen molar-refractivity contribution in [3.8, 4) is 11.4 Å². The zero-order chi connectivity index (χ0) is 17.8. The summed E-state index contributed by atoms with van der Waals surface area (Å²) in [5, 5.41) is 19.9. The van der Waals surface area contributed by atoms with E-state index in [2.05, 4.69) is 35.0 Å². The molecular weight excluding hydrogens is 312 g/mol. The van der Waals surface area contributed by atoms with Crippen molar-refractivity contribution in [2.75, 3.05) is 13.1 Å². The second-order valence-corrected chi connectivity index (χ2v) is 6.55. The number of nitrogens with zero attached hydrogens (tertiary/aromatic N) is 4. The molecule has 1 heterocycles. The number of aryl methyl sites for hydroxylation is 1. The number of aromatic hydroxyl groups is 1. The molecule has 1 aromatic heterocycles. The zero-order valence-electron chi connectivity index (χ0n) is 15.2. The molecule has 2 aromatic carbocycles. The van der Waals surface area contributed by atoms with Gasteiger partial charge in [0, 0.05) is 12.1 Å². The average Bonchev–Trinajstić information content (AvgIpc) is 3.02. The second kappa shape index (κ2) is 7.66. The van der Waals surface area contributed by atoms with Gasteiger partial charge in [0.15, 0.2) is 0 Å². The summed E-state index contributed by atoms with van der Waals surface area (Å²) in [6.45, 7) is 9.20. The van der Waals surface area contributed by atoms with Crippen molar-refractivity contribution in [1.82, 2.24) is 19.9 Å². The molecule has 0 bridgehead atoms. The average molecular weight is 338 g/mol. The van der Waals surface area contributed by atoms with E-state index < -0.39 is 0 Å². The Labute approximate surface area is 148 Å². The topological polar surface area (TPSA) is 54.2 Å². The van der Waals surface area contributed by atoms with Crippen molar-refractivity contribution in [3.63, 3.8) is 0 Å². The first-order valence-electron chi connectivity index (χ1n) is 8.99. The van der Waals surface area contributed by atoms with E-state index in [0.29, 0.717) is 5.69 Å². The lowest BCUT2D eigenvalue weighted by atomic mass is 10.1. The van der Waals surface area contributed by atoms with Crippen LogP contribution in [0.15, 0.2) is 36.4 Å². The summed E-state index contributed by atoms with van der Waals surface area (Å²) in [4.78, 5) is 3.92. The van der Waals surface area contributed by atoms with Crippen molar-refractivity contribution in [3.05, 3.63) is 47.5 Å². The van der Waals surface area contributed by atoms with Gasteiger partial charge in [-0.25, -0.2) is 0 Å². The highest BCUT2D eigenvalue weighted by molar-refractivity contribution is 5.73. The quantitative estimate of drug-likeness (QED) is 0.706. The van der Waals surface area contributed by atoms with Gasteiger partial charge in [-0.05, 0) is 56.6 Å². The maximum atomic E-state index is 10.8. The van der Waals surface area contributed by atoms with Crippen LogP contribution in [0.2, 0.25) is 0 Å². The standard InChI is InChI=1S/C20H26N4O/c1-4-10-23(11-5-2)14-16-12-15(3)13-19(20(16)25)24-21-17-8-6-7-9-18(17)22-24/h6-9,12-13,25H,4-5,10-11,14H2,1-3H3. The Morgan fingerprint density at radius 3 is 2.16 bits per heavy atom. The zero-order valence-corrected chi connectivity index (χ0v) is 15.2. The van der Waals surface area contributed by atoms with E-state index in [1.807, 2.05) is 37.3 Å². The SMILES string of the molecule is CCCN(CCC)Cc1cc(C)cc(-n2nc3ccccc3n2)c1O. The fraction of sp³-hybridized carbons (Fsp3) is 0.400. The summed E-state index contributed by atoms with van der Waals surface area (Å²) in [5.74, 6) is 0.267. The highest BCUT2D eigenvalue weighted by atomic mass is 16.3. The van der Waals surface area contributed by atoms with Crippen LogP contribution in [0.5, 0.6) is 5.75 Å². The number of rotatable bonds is 7. The molecule has 0 amide bonds. The van der Waals surface area contributed by atoms with Gasteiger partial charge in [-0.2, -0.15) is 0 Å². The molecular formula is C20H26N4O. The maximum absolute atomic E-state index is 10.8. The van der Waals surface area contributed by atoms with Gasteiger partial charge in [-0.15, -0.1) is 15.0 Å². The van der Waals surface area contributed by atoms with Crippen LogP contribution in [0.1, 0.15) is 37.8 Å². The molecule has 0 aliphatic heterocycles. The number of fused-ring (bicyclic) bond motifs is 1. The number of aromatic nitrogens is 3. The van der Waals surface area contributed by atoms with Crippen molar-refractivity contribution < 1.29 is 5.11 Å². The van der Waals surface area contributed by atoms with E-state index >= 15 is 0 Å². The molecule has 0 fully saturated rings. The third-order valence-electron chi connectivity index (χ3n) is 4.29. The van der Waals surface area contributed by atoms with Crippen molar-refractivity contribution in [1.29, 1.82) is 0 Å². The molecule has 5 heteroatoms. The normalized spacial score (nSPS) is 11.5. The molecule has 132 valence electrons. The minimum atomic E-state index is 0.267. The minimum absolute atomic E-state index is 0.267. The molecule has 0 aliphatic carbocycles. The van der Waals surface area contributed by atoms with E-state index in [-0.39, 0.29) is 5.75 Å². The first kappa shape index (κ1) is 17.4. The Balaban J connectivity index is 1.99. The van der Waals surface area contributed by atoms with Crippen LogP contribution >= 0.6 is 0 Å². The van der Waals surface area contributed by atoms with Crippen LogP contribution in [-0.2, 0) is 6.54 Å². The van der Waals surface area contributed by atoms with Crippen LogP contribution in [0, 0.1) is 6.92 Å². The third kappa shape index (κ3) is 3.82. The van der Waals surface area contributed by atoms with Crippen LogP contribution in [0.4, 0.5) is 0 Å². The van der Waals surface area contributed by atoms with E-state index in [0.717, 1.165) is 54.6 Å². The highest BCUT2D eigenvalue weighted by Gasteiger charge is 2.15. The predicted molar refractivity (Wildman–Crippen MR) is 101 cm³/mol. The first-order chi connectivity index (χ1) is 12.1. The fourth-order valence-corrected chi connectivity index (χ4v) is 3.22. The molecule has 0 spiro atoms. The van der Waals surface area contributed by atoms with Gasteiger partial charge in [0.1, 0.15) is 22.5 Å². The fourth-order valence-electron chi connectivity index (χ4n) is 3.22. The number of phenolic OH excluding ortho intramolecular Hbond substituents is 1. The molecule has 3 rings (SSSR count). The van der Waals surface area contributed by atoms with Gasteiger partial charge >= 0.3 is 0 Å². The molecule has 0 aliphatic rings. The number of hydrogen-bond donors (Lipinski definition) is 1. The van der Waals surface area contributed by atoms with Gasteiger partial charge in [-0.1, -0.05) is 32.0 Å². The molecule has 25 heavy (non-hydrogen) atoms. The van der Waals surface area contributed by atoms with Crippen molar-refractivity contribution in [2.24, 2.45) is 0 Å². The molecule has 0 saturated heterocycles. The van der Waals surface area contributed by atoms with Gasteiger partial charge in [0.05, 0.1) is 0 Å². The summed E-state index contributed by atoms with van der Waals surface area (Å²) >= 11 is 0. The molecule has 0 unspecified atom stereocenters. The third-order valence-corrected chi connectivity index (χ3v) is 4.29. The largest absolute Gasteiger partial charge is 0.505 e. The summed E-state index contributed by atoms with van der Waals surface area (Å²) in [7, 11) is 0. The van der Waals surface area contributed by atoms with E-state index in [9.17, 15) is 5.11 Å². The van der Waals surface area contributed by atoms with Crippen LogP contribution < -0.4 is 0 Å². The van der Waals surface area contributed by atoms with Crippen LogP contribution in [0.25, 0.3) is 16.7 Å². The summed E-state index contributed by atoms with van der Waals surface area (Å²) < 4.78 is 0. The first-order valence-corrected chi connectivity index (χ1v) is 8.99. The molecule has 0 radical (unpaired) electrons. The number of benzene rings is 2. The molecule has 1 N–H and O–H groups in total. The Kier molecular flexibility index (Phi) is 5.34. The van der Waals surface area contributed by atoms with Crippen LogP contribution in [-0.4, -0.2) is 38.1 Å². The Morgan fingerprint density at radius 1 is 1.00 bits per heavy atom. The van der Waals surface area contributed by atoms with Gasteiger partial charge in [0.25, 0.3) is 0 Å². The molecule has 0 saturated carbocycles. The maximum Gasteiger partial charge on any atom is 0.147 e. The second-order valence-electron chi connectivity index (χ2n) is 6.55. The highest BCUT2D eigenvalue weighted by Crippen LogP contribution is 2.29. The Bertz CT molecular complexity index is 817. The van der Waals surface area contributed by atoms with E-state index in [1.165, 1.54) is 0 Å². The Hall–Kier alpha value is -2.40. The van der Waals surface area contributed by atoms with Crippen LogP contribution in [0.3, 0.4) is 0 Å². The van der Waals surface area contributed by atoms with Gasteiger partial charge in [0.2, 0.25) is 0 Å². The van der Waals surface area contributed by atoms with Crippen molar-refractivity contribution in [2.45, 2.75) is 40.2 Å². The Morgan fingerprint density at radius 2 is 1.60 bits per heavy atom.